The zero-order valence-corrected chi connectivity index (χ0v) is 12.4. The first-order valence-corrected chi connectivity index (χ1v) is 7.40. The van der Waals surface area contributed by atoms with E-state index >= 15 is 0 Å². The van der Waals surface area contributed by atoms with E-state index in [0.717, 1.165) is 39.1 Å². The highest BCUT2D eigenvalue weighted by atomic mass is 16.5. The van der Waals surface area contributed by atoms with Crippen LogP contribution in [-0.2, 0) is 9.47 Å². The number of ether oxygens (including phenoxy) is 2. The molecule has 5 nitrogen and oxygen atoms in total. The fraction of sp³-hybridized carbons (Fsp3) is 1.00. The second-order valence-electron chi connectivity index (χ2n) is 5.39. The van der Waals surface area contributed by atoms with Crippen molar-refractivity contribution in [1.82, 2.24) is 10.2 Å². The highest BCUT2D eigenvalue weighted by molar-refractivity contribution is 4.68. The van der Waals surface area contributed by atoms with Crippen molar-refractivity contribution in [1.29, 1.82) is 0 Å². The first-order chi connectivity index (χ1) is 9.22. The molecule has 0 aromatic heterocycles. The molecule has 1 atom stereocenters. The molecule has 0 radical (unpaired) electrons. The van der Waals surface area contributed by atoms with Crippen molar-refractivity contribution < 1.29 is 14.6 Å². The first kappa shape index (κ1) is 16.9. The minimum absolute atomic E-state index is 0.384. The van der Waals surface area contributed by atoms with Crippen molar-refractivity contribution in [2.75, 3.05) is 53.6 Å². The summed E-state index contributed by atoms with van der Waals surface area (Å²) in [6, 6.07) is 0. The Morgan fingerprint density at radius 1 is 1.32 bits per heavy atom. The monoisotopic (exact) mass is 274 g/mol. The van der Waals surface area contributed by atoms with Crippen LogP contribution in [0.25, 0.3) is 0 Å². The van der Waals surface area contributed by atoms with E-state index in [9.17, 15) is 5.11 Å². The molecule has 1 rings (SSSR count). The lowest BCUT2D eigenvalue weighted by molar-refractivity contribution is -0.00546. The summed E-state index contributed by atoms with van der Waals surface area (Å²) in [6.45, 7) is 4.59. The summed E-state index contributed by atoms with van der Waals surface area (Å²) in [5, 5.41) is 13.1. The van der Waals surface area contributed by atoms with E-state index in [2.05, 4.69) is 17.3 Å². The molecule has 0 amide bonds. The molecule has 1 saturated carbocycles. The maximum Gasteiger partial charge on any atom is 0.0897 e. The lowest BCUT2D eigenvalue weighted by Gasteiger charge is -2.18. The topological polar surface area (TPSA) is 54.0 Å². The number of rotatable bonds is 11. The molecular weight excluding hydrogens is 244 g/mol. The van der Waals surface area contributed by atoms with Crippen molar-refractivity contribution in [2.24, 2.45) is 0 Å². The molecule has 1 aliphatic carbocycles. The minimum atomic E-state index is -0.398. The summed E-state index contributed by atoms with van der Waals surface area (Å²) in [5.41, 5.74) is 0. The van der Waals surface area contributed by atoms with Crippen molar-refractivity contribution in [3.05, 3.63) is 0 Å². The van der Waals surface area contributed by atoms with Crippen LogP contribution < -0.4 is 5.32 Å². The summed E-state index contributed by atoms with van der Waals surface area (Å²) in [7, 11) is 3.78. The largest absolute Gasteiger partial charge is 0.389 e. The second kappa shape index (κ2) is 10.6. The molecule has 0 aliphatic heterocycles. The molecule has 1 aliphatic rings. The maximum absolute atomic E-state index is 9.80. The number of likely N-dealkylation sites (N-methyl/N-ethyl adjacent to an activating group) is 1. The molecule has 0 heterocycles. The normalized spacial score (nSPS) is 18.3. The summed E-state index contributed by atoms with van der Waals surface area (Å²) in [6.07, 6.45) is 4.84. The Hall–Kier alpha value is -0.200. The van der Waals surface area contributed by atoms with Gasteiger partial charge in [-0.1, -0.05) is 12.8 Å². The SMILES string of the molecule is COCCN(C)CCNCC(O)COC1CCCC1. The van der Waals surface area contributed by atoms with Gasteiger partial charge in [-0.25, -0.2) is 0 Å². The third kappa shape index (κ3) is 8.55. The molecule has 114 valence electrons. The number of hydrogen-bond donors (Lipinski definition) is 2. The number of nitrogens with zero attached hydrogens (tertiary/aromatic N) is 1. The standard InChI is InChI=1S/C14H30N2O3/c1-16(9-10-18-2)8-7-15-11-13(17)12-19-14-5-3-4-6-14/h13-15,17H,3-12H2,1-2H3. The fourth-order valence-corrected chi connectivity index (χ4v) is 2.26. The van der Waals surface area contributed by atoms with Crippen LogP contribution in [0.5, 0.6) is 0 Å². The highest BCUT2D eigenvalue weighted by Crippen LogP contribution is 2.20. The molecule has 0 bridgehead atoms. The van der Waals surface area contributed by atoms with Crippen LogP contribution in [0, 0.1) is 0 Å². The second-order valence-corrected chi connectivity index (χ2v) is 5.39. The molecule has 2 N–H and O–H groups in total. The van der Waals surface area contributed by atoms with Gasteiger partial charge in [0.1, 0.15) is 0 Å². The molecule has 1 unspecified atom stereocenters. The molecule has 0 saturated heterocycles. The Morgan fingerprint density at radius 2 is 2.05 bits per heavy atom. The van der Waals surface area contributed by atoms with E-state index in [4.69, 9.17) is 9.47 Å². The predicted octanol–water partition coefficient (Wildman–Crippen LogP) is 0.474. The smallest absolute Gasteiger partial charge is 0.0897 e. The lowest BCUT2D eigenvalue weighted by Crippen LogP contribution is -2.36. The van der Waals surface area contributed by atoms with Gasteiger partial charge in [0.05, 0.1) is 25.4 Å². The van der Waals surface area contributed by atoms with Gasteiger partial charge >= 0.3 is 0 Å². The minimum Gasteiger partial charge on any atom is -0.389 e. The van der Waals surface area contributed by atoms with Crippen LogP contribution in [-0.4, -0.2) is 75.8 Å². The quantitative estimate of drug-likeness (QED) is 0.537. The van der Waals surface area contributed by atoms with E-state index < -0.39 is 6.10 Å². The summed E-state index contributed by atoms with van der Waals surface area (Å²) in [5.74, 6) is 0. The van der Waals surface area contributed by atoms with Gasteiger partial charge in [-0.05, 0) is 19.9 Å². The van der Waals surface area contributed by atoms with Crippen LogP contribution in [0.15, 0.2) is 0 Å². The highest BCUT2D eigenvalue weighted by Gasteiger charge is 2.16. The number of hydrogen-bond acceptors (Lipinski definition) is 5. The van der Waals surface area contributed by atoms with Crippen molar-refractivity contribution in [3.8, 4) is 0 Å². The van der Waals surface area contributed by atoms with E-state index in [-0.39, 0.29) is 0 Å². The zero-order chi connectivity index (χ0) is 13.9. The average Bonchev–Trinajstić information content (AvgIpc) is 2.92. The Labute approximate surface area is 117 Å². The number of methoxy groups -OCH3 is 1. The van der Waals surface area contributed by atoms with Gasteiger partial charge in [0.15, 0.2) is 0 Å². The van der Waals surface area contributed by atoms with Gasteiger partial charge in [-0.2, -0.15) is 0 Å². The molecule has 1 fully saturated rings. The van der Waals surface area contributed by atoms with Gasteiger partial charge < -0.3 is 24.8 Å². The van der Waals surface area contributed by atoms with Gasteiger partial charge in [0.2, 0.25) is 0 Å². The van der Waals surface area contributed by atoms with Crippen LogP contribution in [0.1, 0.15) is 25.7 Å². The lowest BCUT2D eigenvalue weighted by atomic mass is 10.3. The molecule has 5 heteroatoms. The number of aliphatic hydroxyl groups is 1. The van der Waals surface area contributed by atoms with E-state index in [0.29, 0.717) is 19.3 Å². The van der Waals surface area contributed by atoms with E-state index in [1.807, 2.05) is 0 Å². The summed E-state index contributed by atoms with van der Waals surface area (Å²) < 4.78 is 10.7. The Morgan fingerprint density at radius 3 is 2.74 bits per heavy atom. The van der Waals surface area contributed by atoms with Crippen LogP contribution in [0.2, 0.25) is 0 Å². The zero-order valence-electron chi connectivity index (χ0n) is 12.4. The Balaban J connectivity index is 1.90. The molecule has 19 heavy (non-hydrogen) atoms. The summed E-state index contributed by atoms with van der Waals surface area (Å²) >= 11 is 0. The van der Waals surface area contributed by atoms with Crippen LogP contribution >= 0.6 is 0 Å². The fourth-order valence-electron chi connectivity index (χ4n) is 2.26. The van der Waals surface area contributed by atoms with Crippen LogP contribution in [0.3, 0.4) is 0 Å². The number of nitrogens with one attached hydrogen (secondary N) is 1. The third-order valence-corrected chi connectivity index (χ3v) is 3.55. The van der Waals surface area contributed by atoms with Gasteiger partial charge in [-0.3, -0.25) is 0 Å². The predicted molar refractivity (Wildman–Crippen MR) is 76.5 cm³/mol. The molecule has 0 aromatic carbocycles. The van der Waals surface area contributed by atoms with Crippen molar-refractivity contribution in [3.63, 3.8) is 0 Å². The van der Waals surface area contributed by atoms with E-state index in [1.165, 1.54) is 12.8 Å². The van der Waals surface area contributed by atoms with Gasteiger partial charge in [0.25, 0.3) is 0 Å². The van der Waals surface area contributed by atoms with Crippen molar-refractivity contribution >= 4 is 0 Å². The molecular formula is C14H30N2O3. The van der Waals surface area contributed by atoms with Gasteiger partial charge in [-0.15, -0.1) is 0 Å². The Bertz CT molecular complexity index is 211. The number of aliphatic hydroxyl groups excluding tert-OH is 1. The Kier molecular flexibility index (Phi) is 9.38. The first-order valence-electron chi connectivity index (χ1n) is 7.40. The average molecular weight is 274 g/mol. The molecule has 0 spiro atoms. The van der Waals surface area contributed by atoms with Crippen molar-refractivity contribution in [2.45, 2.75) is 37.9 Å². The van der Waals surface area contributed by atoms with Crippen LogP contribution in [0.4, 0.5) is 0 Å². The molecule has 0 aromatic rings. The van der Waals surface area contributed by atoms with Gasteiger partial charge in [0, 0.05) is 33.3 Å². The maximum atomic E-state index is 9.80. The van der Waals surface area contributed by atoms with E-state index in [1.54, 1.807) is 7.11 Å². The third-order valence-electron chi connectivity index (χ3n) is 3.55. The summed E-state index contributed by atoms with van der Waals surface area (Å²) in [4.78, 5) is 2.21.